The lowest BCUT2D eigenvalue weighted by Gasteiger charge is -2.30. The van der Waals surface area contributed by atoms with Gasteiger partial charge in [0.1, 0.15) is 0 Å². The third-order valence-electron chi connectivity index (χ3n) is 3.69. The number of carbonyl (C=O) groups is 1. The Hall–Kier alpha value is -1.40. The molecule has 1 aromatic rings. The quantitative estimate of drug-likeness (QED) is 0.923. The van der Waals surface area contributed by atoms with Crippen molar-refractivity contribution < 1.29 is 18.3 Å². The predicted octanol–water partition coefficient (Wildman–Crippen LogP) is 1.79. The summed E-state index contributed by atoms with van der Waals surface area (Å²) in [6, 6.07) is 5.29. The average molecular weight is 297 g/mol. The summed E-state index contributed by atoms with van der Waals surface area (Å²) in [4.78, 5) is 11.3. The molecule has 1 N–H and O–H groups in total. The van der Waals surface area contributed by atoms with Crippen molar-refractivity contribution in [3.05, 3.63) is 29.3 Å². The number of piperidine rings is 1. The van der Waals surface area contributed by atoms with E-state index in [0.717, 1.165) is 5.56 Å². The summed E-state index contributed by atoms with van der Waals surface area (Å²) in [5.41, 5.74) is 1.56. The smallest absolute Gasteiger partial charge is 0.307 e. The molecule has 2 rings (SSSR count). The van der Waals surface area contributed by atoms with Crippen LogP contribution in [-0.4, -0.2) is 36.9 Å². The molecule has 0 aliphatic carbocycles. The SMILES string of the molecule is Cc1ccc(C)c(S(=O)(=O)N2CCC[C@H](C(=O)O)C2)c1. The van der Waals surface area contributed by atoms with E-state index in [2.05, 4.69) is 0 Å². The van der Waals surface area contributed by atoms with Gasteiger partial charge in [-0.15, -0.1) is 0 Å². The number of rotatable bonds is 3. The molecule has 1 saturated heterocycles. The number of hydrogen-bond donors (Lipinski definition) is 1. The summed E-state index contributed by atoms with van der Waals surface area (Å²) in [5, 5.41) is 9.07. The topological polar surface area (TPSA) is 74.7 Å². The van der Waals surface area contributed by atoms with Gasteiger partial charge in [-0.25, -0.2) is 8.42 Å². The minimum absolute atomic E-state index is 0.0606. The summed E-state index contributed by atoms with van der Waals surface area (Å²) in [7, 11) is -3.61. The molecule has 1 aliphatic rings. The lowest BCUT2D eigenvalue weighted by Crippen LogP contribution is -2.42. The number of nitrogens with zero attached hydrogens (tertiary/aromatic N) is 1. The number of carboxylic acid groups (broad SMARTS) is 1. The zero-order valence-corrected chi connectivity index (χ0v) is 12.5. The minimum atomic E-state index is -3.61. The molecule has 1 fully saturated rings. The van der Waals surface area contributed by atoms with Gasteiger partial charge in [-0.3, -0.25) is 4.79 Å². The van der Waals surface area contributed by atoms with Crippen LogP contribution in [0.3, 0.4) is 0 Å². The average Bonchev–Trinajstić information content (AvgIpc) is 2.41. The highest BCUT2D eigenvalue weighted by Crippen LogP contribution is 2.26. The zero-order chi connectivity index (χ0) is 14.9. The third kappa shape index (κ3) is 2.86. The summed E-state index contributed by atoms with van der Waals surface area (Å²) in [5.74, 6) is -1.53. The van der Waals surface area contributed by atoms with Gasteiger partial charge in [-0.05, 0) is 43.9 Å². The van der Waals surface area contributed by atoms with E-state index in [-0.39, 0.29) is 11.4 Å². The second-order valence-corrected chi connectivity index (χ2v) is 7.22. The van der Waals surface area contributed by atoms with Crippen LogP contribution in [0.25, 0.3) is 0 Å². The molecular weight excluding hydrogens is 278 g/mol. The van der Waals surface area contributed by atoms with E-state index >= 15 is 0 Å². The van der Waals surface area contributed by atoms with Crippen LogP contribution in [0, 0.1) is 19.8 Å². The van der Waals surface area contributed by atoms with E-state index in [4.69, 9.17) is 5.11 Å². The third-order valence-corrected chi connectivity index (χ3v) is 5.70. The molecule has 0 saturated carbocycles. The highest BCUT2D eigenvalue weighted by atomic mass is 32.2. The van der Waals surface area contributed by atoms with Crippen molar-refractivity contribution in [2.45, 2.75) is 31.6 Å². The van der Waals surface area contributed by atoms with Gasteiger partial charge in [0, 0.05) is 13.1 Å². The van der Waals surface area contributed by atoms with Gasteiger partial charge in [0.05, 0.1) is 10.8 Å². The largest absolute Gasteiger partial charge is 0.481 e. The van der Waals surface area contributed by atoms with Gasteiger partial charge in [-0.1, -0.05) is 12.1 Å². The van der Waals surface area contributed by atoms with Crippen LogP contribution in [-0.2, 0) is 14.8 Å². The van der Waals surface area contributed by atoms with Crippen molar-refractivity contribution in [1.82, 2.24) is 4.31 Å². The second-order valence-electron chi connectivity index (χ2n) is 5.31. The van der Waals surface area contributed by atoms with Crippen molar-refractivity contribution in [3.8, 4) is 0 Å². The molecule has 0 unspecified atom stereocenters. The molecule has 1 aliphatic heterocycles. The lowest BCUT2D eigenvalue weighted by molar-refractivity contribution is -0.142. The molecule has 1 heterocycles. The van der Waals surface area contributed by atoms with E-state index in [9.17, 15) is 13.2 Å². The fraction of sp³-hybridized carbons (Fsp3) is 0.500. The van der Waals surface area contributed by atoms with Crippen molar-refractivity contribution in [2.24, 2.45) is 5.92 Å². The summed E-state index contributed by atoms with van der Waals surface area (Å²) in [6.07, 6.45) is 1.12. The van der Waals surface area contributed by atoms with Gasteiger partial charge in [0.2, 0.25) is 10.0 Å². The Bertz CT molecular complexity index is 624. The first-order valence-electron chi connectivity index (χ1n) is 6.62. The molecule has 1 atom stereocenters. The van der Waals surface area contributed by atoms with Gasteiger partial charge < -0.3 is 5.11 Å². The van der Waals surface area contributed by atoms with E-state index < -0.39 is 21.9 Å². The first-order valence-corrected chi connectivity index (χ1v) is 8.06. The molecule has 0 bridgehead atoms. The van der Waals surface area contributed by atoms with Crippen LogP contribution in [0.2, 0.25) is 0 Å². The maximum Gasteiger partial charge on any atom is 0.307 e. The normalized spacial score (nSPS) is 20.8. The molecule has 110 valence electrons. The number of aryl methyl sites for hydroxylation is 2. The standard InChI is InChI=1S/C14H19NO4S/c1-10-5-6-11(2)13(8-10)20(18,19)15-7-3-4-12(9-15)14(16)17/h5-6,8,12H,3-4,7,9H2,1-2H3,(H,16,17)/t12-/m0/s1. The van der Waals surface area contributed by atoms with Gasteiger partial charge >= 0.3 is 5.97 Å². The Labute approximate surface area is 119 Å². The molecule has 0 amide bonds. The van der Waals surface area contributed by atoms with Crippen LogP contribution in [0.15, 0.2) is 23.1 Å². The number of carboxylic acids is 1. The molecule has 6 heteroatoms. The van der Waals surface area contributed by atoms with Crippen LogP contribution in [0.4, 0.5) is 0 Å². The number of benzene rings is 1. The Balaban J connectivity index is 2.35. The maximum atomic E-state index is 12.7. The Morgan fingerprint density at radius 3 is 2.70 bits per heavy atom. The Kier molecular flexibility index (Phi) is 4.15. The van der Waals surface area contributed by atoms with E-state index in [1.807, 2.05) is 13.0 Å². The second kappa shape index (κ2) is 5.54. The number of sulfonamides is 1. The summed E-state index contributed by atoms with van der Waals surface area (Å²) in [6.45, 7) is 4.05. The Morgan fingerprint density at radius 2 is 2.05 bits per heavy atom. The van der Waals surface area contributed by atoms with E-state index in [1.54, 1.807) is 19.1 Å². The van der Waals surface area contributed by atoms with Crippen LogP contribution >= 0.6 is 0 Å². The van der Waals surface area contributed by atoms with Crippen molar-refractivity contribution in [3.63, 3.8) is 0 Å². The predicted molar refractivity (Wildman–Crippen MR) is 75.0 cm³/mol. The first-order chi connectivity index (χ1) is 9.32. The number of hydrogen-bond acceptors (Lipinski definition) is 3. The zero-order valence-electron chi connectivity index (χ0n) is 11.7. The fourth-order valence-electron chi connectivity index (χ4n) is 2.49. The van der Waals surface area contributed by atoms with Gasteiger partial charge in [0.25, 0.3) is 0 Å². The van der Waals surface area contributed by atoms with Crippen LogP contribution < -0.4 is 0 Å². The highest BCUT2D eigenvalue weighted by Gasteiger charge is 2.33. The summed E-state index contributed by atoms with van der Waals surface area (Å²) < 4.78 is 26.6. The molecule has 0 spiro atoms. The first kappa shape index (κ1) is 15.0. The molecule has 0 radical (unpaired) electrons. The Morgan fingerprint density at radius 1 is 1.35 bits per heavy atom. The lowest BCUT2D eigenvalue weighted by atomic mass is 10.0. The molecular formula is C14H19NO4S. The van der Waals surface area contributed by atoms with Crippen molar-refractivity contribution >= 4 is 16.0 Å². The monoisotopic (exact) mass is 297 g/mol. The summed E-state index contributed by atoms with van der Waals surface area (Å²) >= 11 is 0. The molecule has 20 heavy (non-hydrogen) atoms. The molecule has 1 aromatic carbocycles. The van der Waals surface area contributed by atoms with E-state index in [1.165, 1.54) is 4.31 Å². The van der Waals surface area contributed by atoms with Crippen molar-refractivity contribution in [1.29, 1.82) is 0 Å². The highest BCUT2D eigenvalue weighted by molar-refractivity contribution is 7.89. The van der Waals surface area contributed by atoms with Gasteiger partial charge in [0.15, 0.2) is 0 Å². The maximum absolute atomic E-state index is 12.7. The van der Waals surface area contributed by atoms with Crippen molar-refractivity contribution in [2.75, 3.05) is 13.1 Å². The van der Waals surface area contributed by atoms with Gasteiger partial charge in [-0.2, -0.15) is 4.31 Å². The molecule has 5 nitrogen and oxygen atoms in total. The number of aliphatic carboxylic acids is 1. The fourth-order valence-corrected chi connectivity index (χ4v) is 4.32. The molecule has 0 aromatic heterocycles. The minimum Gasteiger partial charge on any atom is -0.481 e. The van der Waals surface area contributed by atoms with Crippen LogP contribution in [0.5, 0.6) is 0 Å². The van der Waals surface area contributed by atoms with Crippen LogP contribution in [0.1, 0.15) is 24.0 Å². The van der Waals surface area contributed by atoms with E-state index in [0.29, 0.717) is 24.9 Å².